The number of hydrogen-bond donors (Lipinski definition) is 1. The monoisotopic (exact) mass is 466 g/mol. The minimum atomic E-state index is -3.55. The van der Waals surface area contributed by atoms with Gasteiger partial charge in [-0.1, -0.05) is 19.1 Å². The second-order valence-corrected chi connectivity index (χ2v) is 10.2. The summed E-state index contributed by atoms with van der Waals surface area (Å²) in [5, 5.41) is 4.49. The number of sulfonamides is 1. The van der Waals surface area contributed by atoms with Gasteiger partial charge in [0.05, 0.1) is 16.8 Å². The van der Waals surface area contributed by atoms with Crippen LogP contribution in [-0.4, -0.2) is 48.6 Å². The molecule has 5 rings (SSSR count). The second kappa shape index (κ2) is 8.00. The molecule has 3 heterocycles. The maximum Gasteiger partial charge on any atom is 0.253 e. The molecule has 2 aliphatic rings. The molecule has 172 valence electrons. The number of nitrogens with zero attached hydrogens (tertiary/aromatic N) is 3. The van der Waals surface area contributed by atoms with Crippen LogP contribution in [0, 0.1) is 0 Å². The highest BCUT2D eigenvalue weighted by Gasteiger charge is 2.45. The van der Waals surface area contributed by atoms with Gasteiger partial charge in [-0.3, -0.25) is 9.48 Å². The number of rotatable bonds is 4. The van der Waals surface area contributed by atoms with E-state index >= 15 is 0 Å². The van der Waals surface area contributed by atoms with E-state index in [-0.39, 0.29) is 10.8 Å². The molecule has 2 aromatic carbocycles. The van der Waals surface area contributed by atoms with Crippen molar-refractivity contribution >= 4 is 15.9 Å². The number of nitrogens with one attached hydrogen (secondary N) is 1. The first-order valence-corrected chi connectivity index (χ1v) is 12.5. The smallest absolute Gasteiger partial charge is 0.253 e. The van der Waals surface area contributed by atoms with Crippen LogP contribution in [0.3, 0.4) is 0 Å². The number of benzene rings is 2. The number of hydrogen-bond acceptors (Lipinski definition) is 5. The van der Waals surface area contributed by atoms with Crippen LogP contribution in [0.5, 0.6) is 5.75 Å². The lowest BCUT2D eigenvalue weighted by Crippen LogP contribution is -2.49. The molecule has 0 bridgehead atoms. The fourth-order valence-corrected chi connectivity index (χ4v) is 5.82. The molecule has 9 heteroatoms. The molecule has 1 fully saturated rings. The molecule has 0 atom stereocenters. The Morgan fingerprint density at radius 2 is 1.82 bits per heavy atom. The second-order valence-electron chi connectivity index (χ2n) is 8.44. The topological polar surface area (TPSA) is 93.5 Å². The van der Waals surface area contributed by atoms with Crippen LogP contribution < -0.4 is 9.46 Å². The lowest BCUT2D eigenvalue weighted by molar-refractivity contribution is -0.00172. The van der Waals surface area contributed by atoms with Crippen LogP contribution in [-0.2, 0) is 22.7 Å². The summed E-state index contributed by atoms with van der Waals surface area (Å²) in [7, 11) is -1.61. The molecule has 0 aliphatic carbocycles. The Labute approximate surface area is 193 Å². The van der Waals surface area contributed by atoms with Gasteiger partial charge in [-0.05, 0) is 36.4 Å². The number of para-hydroxylation sites is 1. The van der Waals surface area contributed by atoms with E-state index in [0.29, 0.717) is 38.0 Å². The normalized spacial score (nSPS) is 16.7. The molecule has 3 aromatic rings. The summed E-state index contributed by atoms with van der Waals surface area (Å²) in [6, 6.07) is 14.1. The van der Waals surface area contributed by atoms with Gasteiger partial charge in [-0.2, -0.15) is 5.10 Å². The highest BCUT2D eigenvalue weighted by atomic mass is 32.2. The summed E-state index contributed by atoms with van der Waals surface area (Å²) in [5.41, 5.74) is 3.11. The van der Waals surface area contributed by atoms with E-state index in [1.807, 2.05) is 42.2 Å². The molecular weight excluding hydrogens is 440 g/mol. The van der Waals surface area contributed by atoms with Crippen LogP contribution in [0.4, 0.5) is 0 Å². The summed E-state index contributed by atoms with van der Waals surface area (Å²) in [6.07, 6.45) is 3.18. The minimum Gasteiger partial charge on any atom is -0.482 e. The molecule has 0 unspecified atom stereocenters. The molecule has 1 N–H and O–H groups in total. The zero-order valence-corrected chi connectivity index (χ0v) is 19.4. The molecule has 2 aliphatic heterocycles. The van der Waals surface area contributed by atoms with Crippen LogP contribution in [0.2, 0.25) is 0 Å². The number of likely N-dealkylation sites (tertiary alicyclic amines) is 1. The number of piperidine rings is 1. The number of carbonyl (C=O) groups excluding carboxylic acids is 1. The number of aryl methyl sites for hydroxylation is 1. The van der Waals surface area contributed by atoms with Gasteiger partial charge in [0.25, 0.3) is 5.91 Å². The summed E-state index contributed by atoms with van der Waals surface area (Å²) < 4.78 is 35.2. The molecule has 1 saturated heterocycles. The van der Waals surface area contributed by atoms with Gasteiger partial charge in [-0.15, -0.1) is 0 Å². The van der Waals surface area contributed by atoms with E-state index in [1.165, 1.54) is 12.1 Å². The Hall–Kier alpha value is -3.17. The summed E-state index contributed by atoms with van der Waals surface area (Å²) in [4.78, 5) is 15.1. The van der Waals surface area contributed by atoms with Crippen LogP contribution in [0.25, 0.3) is 11.3 Å². The first-order chi connectivity index (χ1) is 15.8. The van der Waals surface area contributed by atoms with Crippen molar-refractivity contribution in [2.24, 2.45) is 7.05 Å². The molecule has 0 saturated carbocycles. The third-order valence-electron chi connectivity index (χ3n) is 6.48. The molecule has 1 amide bonds. The van der Waals surface area contributed by atoms with Gasteiger partial charge < -0.3 is 9.64 Å². The van der Waals surface area contributed by atoms with Crippen LogP contribution in [0.15, 0.2) is 59.6 Å². The number of carbonyl (C=O) groups is 1. The zero-order valence-electron chi connectivity index (χ0n) is 18.6. The van der Waals surface area contributed by atoms with E-state index in [0.717, 1.165) is 22.6 Å². The lowest BCUT2D eigenvalue weighted by Gasteiger charge is -2.44. The predicted molar refractivity (Wildman–Crippen MR) is 123 cm³/mol. The van der Waals surface area contributed by atoms with Gasteiger partial charge >= 0.3 is 0 Å². The zero-order chi connectivity index (χ0) is 23.2. The third kappa shape index (κ3) is 3.61. The molecular formula is C24H26N4O4S. The maximum absolute atomic E-state index is 13.1. The van der Waals surface area contributed by atoms with E-state index < -0.39 is 15.6 Å². The standard InChI is InChI=1S/C24H26N4O4S/c1-3-26-33(30,31)18-10-8-17(9-11-18)23(29)28-14-12-24(13-15-28)20-16-25-27(2)22(20)19-6-4-5-7-21(19)32-24/h4-11,16,26H,3,12-15H2,1-2H3. The quantitative estimate of drug-likeness (QED) is 0.638. The summed E-state index contributed by atoms with van der Waals surface area (Å²) in [5.74, 6) is 0.728. The lowest BCUT2D eigenvalue weighted by atomic mass is 9.81. The maximum atomic E-state index is 13.1. The van der Waals surface area contributed by atoms with Crippen molar-refractivity contribution in [3.8, 4) is 17.0 Å². The number of amides is 1. The van der Waals surface area contributed by atoms with E-state index in [1.54, 1.807) is 24.0 Å². The number of aromatic nitrogens is 2. The first-order valence-electron chi connectivity index (χ1n) is 11.0. The van der Waals surface area contributed by atoms with Crippen molar-refractivity contribution in [2.45, 2.75) is 30.3 Å². The molecule has 8 nitrogen and oxygen atoms in total. The van der Waals surface area contributed by atoms with Gasteiger partial charge in [0.2, 0.25) is 10.0 Å². The van der Waals surface area contributed by atoms with Gasteiger partial charge in [-0.25, -0.2) is 13.1 Å². The van der Waals surface area contributed by atoms with Gasteiger partial charge in [0, 0.05) is 56.2 Å². The Kier molecular flexibility index (Phi) is 5.25. The Morgan fingerprint density at radius 1 is 1.12 bits per heavy atom. The highest BCUT2D eigenvalue weighted by molar-refractivity contribution is 7.89. The van der Waals surface area contributed by atoms with Crippen molar-refractivity contribution in [1.29, 1.82) is 0 Å². The molecule has 1 spiro atoms. The average molecular weight is 467 g/mol. The Morgan fingerprint density at radius 3 is 2.52 bits per heavy atom. The average Bonchev–Trinajstić information content (AvgIpc) is 3.22. The Balaban J connectivity index is 1.35. The van der Waals surface area contributed by atoms with Crippen molar-refractivity contribution in [3.05, 3.63) is 65.9 Å². The minimum absolute atomic E-state index is 0.111. The van der Waals surface area contributed by atoms with E-state index in [9.17, 15) is 13.2 Å². The van der Waals surface area contributed by atoms with Gasteiger partial charge in [0.15, 0.2) is 0 Å². The predicted octanol–water partition coefficient (Wildman–Crippen LogP) is 2.91. The van der Waals surface area contributed by atoms with Crippen LogP contribution in [0.1, 0.15) is 35.7 Å². The van der Waals surface area contributed by atoms with Crippen molar-refractivity contribution in [1.82, 2.24) is 19.4 Å². The fourth-order valence-electron chi connectivity index (χ4n) is 4.78. The first kappa shape index (κ1) is 21.7. The highest BCUT2D eigenvalue weighted by Crippen LogP contribution is 2.49. The van der Waals surface area contributed by atoms with Crippen LogP contribution >= 0.6 is 0 Å². The summed E-state index contributed by atoms with van der Waals surface area (Å²) in [6.45, 7) is 3.10. The van der Waals surface area contributed by atoms with E-state index in [2.05, 4.69) is 9.82 Å². The largest absolute Gasteiger partial charge is 0.482 e. The number of ether oxygens (including phenoxy) is 1. The summed E-state index contributed by atoms with van der Waals surface area (Å²) >= 11 is 0. The molecule has 1 aromatic heterocycles. The number of fused-ring (bicyclic) bond motifs is 4. The molecule has 0 radical (unpaired) electrons. The van der Waals surface area contributed by atoms with Crippen molar-refractivity contribution in [3.63, 3.8) is 0 Å². The molecule has 33 heavy (non-hydrogen) atoms. The van der Waals surface area contributed by atoms with Gasteiger partial charge in [0.1, 0.15) is 11.4 Å². The SMILES string of the molecule is CCNS(=O)(=O)c1ccc(C(=O)N2CCC3(CC2)Oc2ccccc2-c2c3cnn2C)cc1. The fraction of sp³-hybridized carbons (Fsp3) is 0.333. The van der Waals surface area contributed by atoms with Crippen molar-refractivity contribution < 1.29 is 17.9 Å². The third-order valence-corrected chi connectivity index (χ3v) is 8.04. The van der Waals surface area contributed by atoms with Crippen molar-refractivity contribution in [2.75, 3.05) is 19.6 Å². The Bertz CT molecular complexity index is 1310. The van der Waals surface area contributed by atoms with E-state index in [4.69, 9.17) is 4.74 Å².